The number of benzene rings is 1. The molecule has 100 valence electrons. The van der Waals surface area contributed by atoms with Gasteiger partial charge in [0.1, 0.15) is 5.82 Å². The Morgan fingerprint density at radius 1 is 1.39 bits per heavy atom. The van der Waals surface area contributed by atoms with Crippen molar-refractivity contribution in [3.05, 3.63) is 29.6 Å². The molecule has 3 heteroatoms. The predicted molar refractivity (Wildman–Crippen MR) is 71.6 cm³/mol. The molecule has 2 atom stereocenters. The summed E-state index contributed by atoms with van der Waals surface area (Å²) in [6.45, 7) is 2.58. The lowest BCUT2D eigenvalue weighted by Gasteiger charge is -2.28. The number of anilines is 1. The first-order valence-electron chi connectivity index (χ1n) is 6.84. The third-order valence-electron chi connectivity index (χ3n) is 3.86. The van der Waals surface area contributed by atoms with Crippen molar-refractivity contribution in [1.82, 2.24) is 0 Å². The molecule has 1 fully saturated rings. The van der Waals surface area contributed by atoms with E-state index in [1.807, 2.05) is 0 Å². The molecule has 0 radical (unpaired) electrons. The molecule has 1 saturated carbocycles. The molecule has 1 aromatic rings. The molecule has 2 N–H and O–H groups in total. The van der Waals surface area contributed by atoms with Crippen LogP contribution in [0.4, 0.5) is 10.1 Å². The van der Waals surface area contributed by atoms with Crippen LogP contribution in [-0.2, 0) is 11.3 Å². The van der Waals surface area contributed by atoms with Crippen molar-refractivity contribution >= 4 is 5.69 Å². The maximum atomic E-state index is 13.6. The Labute approximate surface area is 108 Å². The van der Waals surface area contributed by atoms with Gasteiger partial charge in [0.05, 0.1) is 12.7 Å². The summed E-state index contributed by atoms with van der Waals surface area (Å²) in [5, 5.41) is 0. The molecule has 0 spiro atoms. The number of hydrogen-bond donors (Lipinski definition) is 1. The maximum Gasteiger partial charge on any atom is 0.130 e. The zero-order valence-electron chi connectivity index (χ0n) is 11.0. The van der Waals surface area contributed by atoms with E-state index in [2.05, 4.69) is 6.92 Å². The second-order valence-corrected chi connectivity index (χ2v) is 5.22. The standard InChI is InChI=1S/C15H22FNO/c1-2-11-4-3-5-14(8-11)18-10-12-6-7-13(17)9-15(12)16/h6-7,9,11,14H,2-5,8,10,17H2,1H3. The summed E-state index contributed by atoms with van der Waals surface area (Å²) in [5.74, 6) is 0.512. The van der Waals surface area contributed by atoms with E-state index in [-0.39, 0.29) is 5.82 Å². The molecule has 0 heterocycles. The minimum Gasteiger partial charge on any atom is -0.399 e. The van der Waals surface area contributed by atoms with Gasteiger partial charge in [-0.2, -0.15) is 0 Å². The first kappa shape index (κ1) is 13.3. The fourth-order valence-corrected chi connectivity index (χ4v) is 2.65. The van der Waals surface area contributed by atoms with E-state index in [1.165, 1.54) is 25.3 Å². The van der Waals surface area contributed by atoms with E-state index in [1.54, 1.807) is 12.1 Å². The minimum atomic E-state index is -0.266. The van der Waals surface area contributed by atoms with Gasteiger partial charge in [0.15, 0.2) is 0 Å². The van der Waals surface area contributed by atoms with Crippen LogP contribution in [0.2, 0.25) is 0 Å². The zero-order chi connectivity index (χ0) is 13.0. The van der Waals surface area contributed by atoms with Crippen LogP contribution in [0.15, 0.2) is 18.2 Å². The molecule has 2 rings (SSSR count). The van der Waals surface area contributed by atoms with E-state index in [0.717, 1.165) is 18.8 Å². The third-order valence-corrected chi connectivity index (χ3v) is 3.86. The summed E-state index contributed by atoms with van der Waals surface area (Å²) in [6.07, 6.45) is 6.27. The van der Waals surface area contributed by atoms with E-state index >= 15 is 0 Å². The van der Waals surface area contributed by atoms with E-state index in [0.29, 0.717) is 24.0 Å². The van der Waals surface area contributed by atoms with Gasteiger partial charge in [-0.05, 0) is 30.9 Å². The lowest BCUT2D eigenvalue weighted by molar-refractivity contribution is 0.000672. The highest BCUT2D eigenvalue weighted by Gasteiger charge is 2.21. The van der Waals surface area contributed by atoms with Crippen LogP contribution in [0, 0.1) is 11.7 Å². The van der Waals surface area contributed by atoms with Crippen LogP contribution in [-0.4, -0.2) is 6.10 Å². The van der Waals surface area contributed by atoms with Crippen LogP contribution in [0.25, 0.3) is 0 Å². The molecule has 0 aliphatic heterocycles. The number of hydrogen-bond acceptors (Lipinski definition) is 2. The van der Waals surface area contributed by atoms with Crippen LogP contribution in [0.5, 0.6) is 0 Å². The molecule has 18 heavy (non-hydrogen) atoms. The van der Waals surface area contributed by atoms with Gasteiger partial charge in [-0.1, -0.05) is 32.3 Å². The minimum absolute atomic E-state index is 0.266. The van der Waals surface area contributed by atoms with Gasteiger partial charge in [-0.15, -0.1) is 0 Å². The van der Waals surface area contributed by atoms with Gasteiger partial charge in [-0.25, -0.2) is 4.39 Å². The average Bonchev–Trinajstić information content (AvgIpc) is 2.38. The SMILES string of the molecule is CCC1CCCC(OCc2ccc(N)cc2F)C1. The quantitative estimate of drug-likeness (QED) is 0.824. The molecule has 0 aromatic heterocycles. The second kappa shape index (κ2) is 6.19. The highest BCUT2D eigenvalue weighted by Crippen LogP contribution is 2.29. The maximum absolute atomic E-state index is 13.6. The van der Waals surface area contributed by atoms with Crippen LogP contribution in [0.1, 0.15) is 44.6 Å². The Balaban J connectivity index is 1.87. The summed E-state index contributed by atoms with van der Waals surface area (Å²) >= 11 is 0. The molecule has 1 aliphatic carbocycles. The Bertz CT molecular complexity index is 394. The number of nitrogens with two attached hydrogens (primary N) is 1. The smallest absolute Gasteiger partial charge is 0.130 e. The molecule has 1 aliphatic rings. The van der Waals surface area contributed by atoms with Gasteiger partial charge in [0.25, 0.3) is 0 Å². The first-order chi connectivity index (χ1) is 8.69. The summed E-state index contributed by atoms with van der Waals surface area (Å²) in [7, 11) is 0. The molecule has 1 aromatic carbocycles. The van der Waals surface area contributed by atoms with Crippen molar-refractivity contribution in [2.75, 3.05) is 5.73 Å². The molecular formula is C15H22FNO. The van der Waals surface area contributed by atoms with Crippen LogP contribution >= 0.6 is 0 Å². The fourth-order valence-electron chi connectivity index (χ4n) is 2.65. The largest absolute Gasteiger partial charge is 0.399 e. The predicted octanol–water partition coefficient (Wildman–Crippen LogP) is 3.89. The van der Waals surface area contributed by atoms with Crippen LogP contribution in [0.3, 0.4) is 0 Å². The molecule has 0 amide bonds. The van der Waals surface area contributed by atoms with Crippen molar-refractivity contribution in [3.8, 4) is 0 Å². The highest BCUT2D eigenvalue weighted by molar-refractivity contribution is 5.40. The summed E-state index contributed by atoms with van der Waals surface area (Å²) < 4.78 is 19.4. The number of halogens is 1. The van der Waals surface area contributed by atoms with E-state index < -0.39 is 0 Å². The number of rotatable bonds is 4. The first-order valence-corrected chi connectivity index (χ1v) is 6.84. The Morgan fingerprint density at radius 3 is 2.94 bits per heavy atom. The average molecular weight is 251 g/mol. The fraction of sp³-hybridized carbons (Fsp3) is 0.600. The number of nitrogen functional groups attached to an aromatic ring is 1. The number of ether oxygens (including phenoxy) is 1. The molecular weight excluding hydrogens is 229 g/mol. The monoisotopic (exact) mass is 251 g/mol. The summed E-state index contributed by atoms with van der Waals surface area (Å²) in [5.41, 5.74) is 6.58. The van der Waals surface area contributed by atoms with E-state index in [4.69, 9.17) is 10.5 Å². The molecule has 2 nitrogen and oxygen atoms in total. The highest BCUT2D eigenvalue weighted by atomic mass is 19.1. The van der Waals surface area contributed by atoms with Gasteiger partial charge < -0.3 is 10.5 Å². The topological polar surface area (TPSA) is 35.2 Å². The van der Waals surface area contributed by atoms with Crippen molar-refractivity contribution in [3.63, 3.8) is 0 Å². The van der Waals surface area contributed by atoms with Gasteiger partial charge in [-0.3, -0.25) is 0 Å². The van der Waals surface area contributed by atoms with Crippen molar-refractivity contribution in [1.29, 1.82) is 0 Å². The van der Waals surface area contributed by atoms with Gasteiger partial charge >= 0.3 is 0 Å². The summed E-state index contributed by atoms with van der Waals surface area (Å²) in [6, 6.07) is 4.79. The van der Waals surface area contributed by atoms with Crippen molar-refractivity contribution in [2.24, 2.45) is 5.92 Å². The van der Waals surface area contributed by atoms with Gasteiger partial charge in [0, 0.05) is 11.3 Å². The zero-order valence-corrected chi connectivity index (χ0v) is 11.0. The lowest BCUT2D eigenvalue weighted by atomic mass is 9.85. The molecule has 0 saturated heterocycles. The van der Waals surface area contributed by atoms with Gasteiger partial charge in [0.2, 0.25) is 0 Å². The Hall–Kier alpha value is -1.09. The normalized spacial score (nSPS) is 24.1. The van der Waals surface area contributed by atoms with Crippen LogP contribution < -0.4 is 5.73 Å². The Morgan fingerprint density at radius 2 is 2.22 bits per heavy atom. The lowest BCUT2D eigenvalue weighted by Crippen LogP contribution is -2.22. The van der Waals surface area contributed by atoms with Crippen molar-refractivity contribution in [2.45, 2.75) is 51.7 Å². The van der Waals surface area contributed by atoms with Crippen molar-refractivity contribution < 1.29 is 9.13 Å². The Kier molecular flexibility index (Phi) is 4.59. The van der Waals surface area contributed by atoms with E-state index in [9.17, 15) is 4.39 Å². The molecule has 0 bridgehead atoms. The third kappa shape index (κ3) is 3.45. The second-order valence-electron chi connectivity index (χ2n) is 5.22. The molecule has 2 unspecified atom stereocenters. The summed E-state index contributed by atoms with van der Waals surface area (Å²) in [4.78, 5) is 0.